The molecule has 0 heterocycles. The van der Waals surface area contributed by atoms with Crippen LogP contribution >= 0.6 is 0 Å². The van der Waals surface area contributed by atoms with Crippen LogP contribution in [0.25, 0.3) is 0 Å². The van der Waals surface area contributed by atoms with Crippen molar-refractivity contribution in [3.63, 3.8) is 0 Å². The molecular formula is C17H12F7NO. The first-order valence-electron chi connectivity index (χ1n) is 8.46. The number of carbonyl (C=O) groups excluding carboxylic acids is 1. The first-order chi connectivity index (χ1) is 13.1. The van der Waals surface area contributed by atoms with Gasteiger partial charge in [-0.25, -0.2) is 4.39 Å². The molecule has 0 saturated carbocycles. The maximum absolute atomic E-state index is 13.2. The van der Waals surface area contributed by atoms with E-state index >= 15 is 0 Å². The molecule has 0 radical (unpaired) electrons. The Bertz CT molecular complexity index is 890. The van der Waals surface area contributed by atoms with E-state index in [1.54, 1.807) is 0 Å². The highest BCUT2D eigenvalue weighted by Crippen LogP contribution is 2.37. The van der Waals surface area contributed by atoms with Crippen molar-refractivity contribution in [1.29, 1.82) is 0 Å². The van der Waals surface area contributed by atoms with Crippen LogP contribution in [0.3, 0.4) is 0 Å². The van der Waals surface area contributed by atoms with Crippen LogP contribution in [-0.4, -0.2) is 12.9 Å². The molecule has 1 amide bonds. The van der Waals surface area contributed by atoms with E-state index in [1.807, 2.05) is 0 Å². The summed E-state index contributed by atoms with van der Waals surface area (Å²) in [6, 6.07) is 4.29. The Morgan fingerprint density at radius 1 is 1.00 bits per heavy atom. The maximum atomic E-state index is 13.2. The first kappa shape index (κ1) is 15.7. The number of anilines is 1. The Morgan fingerprint density at radius 2 is 1.62 bits per heavy atom. The monoisotopic (exact) mass is 382 g/mol. The summed E-state index contributed by atoms with van der Waals surface area (Å²) in [4.78, 5) is 12.7. The third-order valence-corrected chi connectivity index (χ3v) is 3.42. The zero-order chi connectivity index (χ0) is 22.2. The minimum Gasteiger partial charge on any atom is -0.315 e. The molecule has 26 heavy (non-hydrogen) atoms. The molecule has 0 aromatic heterocycles. The molecule has 2 aromatic carbocycles. The van der Waals surface area contributed by atoms with Crippen molar-refractivity contribution < 1.29 is 39.6 Å². The van der Waals surface area contributed by atoms with Crippen molar-refractivity contribution in [3.8, 4) is 0 Å². The van der Waals surface area contributed by atoms with E-state index in [2.05, 4.69) is 0 Å². The lowest BCUT2D eigenvalue weighted by Gasteiger charge is -2.20. The van der Waals surface area contributed by atoms with Crippen LogP contribution in [0.5, 0.6) is 0 Å². The van der Waals surface area contributed by atoms with Crippen LogP contribution in [0.1, 0.15) is 20.8 Å². The van der Waals surface area contributed by atoms with Crippen LogP contribution in [-0.2, 0) is 23.6 Å². The molecule has 0 N–H and O–H groups in total. The van der Waals surface area contributed by atoms with Gasteiger partial charge in [-0.2, -0.15) is 26.3 Å². The average molecular weight is 382 g/mol. The van der Waals surface area contributed by atoms with E-state index in [-0.39, 0.29) is 16.7 Å². The molecule has 0 atom stereocenters. The fourth-order valence-electron chi connectivity index (χ4n) is 2.15. The highest BCUT2D eigenvalue weighted by atomic mass is 19.4. The molecule has 9 heteroatoms. The summed E-state index contributed by atoms with van der Waals surface area (Å²) in [6.45, 7) is -3.13. The largest absolute Gasteiger partial charge is 0.416 e. The summed E-state index contributed by atoms with van der Waals surface area (Å²) < 4.78 is 113. The molecule has 2 nitrogen and oxygen atoms in total. The van der Waals surface area contributed by atoms with E-state index in [0.717, 1.165) is 24.3 Å². The van der Waals surface area contributed by atoms with Crippen molar-refractivity contribution >= 4 is 11.6 Å². The number of hydrogen-bond donors (Lipinski definition) is 0. The molecule has 2 aromatic rings. The van der Waals surface area contributed by atoms with E-state index in [1.165, 1.54) is 0 Å². The standard InChI is InChI=1S/C17H12F7NO/c1-25(13-6-4-12(18)5-7-13)15(26)8-10-2-3-11(16(19,20)21)9-14(10)17(22,23)24/h2-7,9H,8H2,1H3/i1D3. The highest BCUT2D eigenvalue weighted by Gasteiger charge is 2.38. The number of amides is 1. The number of rotatable bonds is 3. The van der Waals surface area contributed by atoms with Crippen LogP contribution in [0.2, 0.25) is 0 Å². The van der Waals surface area contributed by atoms with Gasteiger partial charge in [0.25, 0.3) is 0 Å². The van der Waals surface area contributed by atoms with Gasteiger partial charge >= 0.3 is 12.4 Å². The Hall–Kier alpha value is -2.58. The highest BCUT2D eigenvalue weighted by molar-refractivity contribution is 5.94. The molecule has 0 fully saturated rings. The fourth-order valence-corrected chi connectivity index (χ4v) is 2.15. The van der Waals surface area contributed by atoms with Crippen molar-refractivity contribution in [2.75, 3.05) is 11.9 Å². The Kier molecular flexibility index (Phi) is 4.20. The van der Waals surface area contributed by atoms with Gasteiger partial charge in [0.15, 0.2) is 0 Å². The lowest BCUT2D eigenvalue weighted by molar-refractivity contribution is -0.143. The lowest BCUT2D eigenvalue weighted by Crippen LogP contribution is -2.28. The summed E-state index contributed by atoms with van der Waals surface area (Å²) in [5.41, 5.74) is -4.40. The molecule has 0 aliphatic heterocycles. The second kappa shape index (κ2) is 6.97. The number of benzene rings is 2. The SMILES string of the molecule is [2H]C([2H])([2H])N(C(=O)Cc1ccc(C(F)(F)F)cc1C(F)(F)F)c1ccc(F)cc1. The van der Waals surface area contributed by atoms with E-state index in [0.29, 0.717) is 12.1 Å². The first-order valence-corrected chi connectivity index (χ1v) is 6.96. The summed E-state index contributed by atoms with van der Waals surface area (Å²) in [5, 5.41) is 0. The summed E-state index contributed by atoms with van der Waals surface area (Å²) in [7, 11) is 0. The van der Waals surface area contributed by atoms with E-state index in [4.69, 9.17) is 4.11 Å². The normalized spacial score (nSPS) is 14.3. The van der Waals surface area contributed by atoms with Gasteiger partial charge in [0.05, 0.1) is 17.5 Å². The quantitative estimate of drug-likeness (QED) is 0.679. The number of hydrogen-bond acceptors (Lipinski definition) is 1. The van der Waals surface area contributed by atoms with Gasteiger partial charge in [-0.05, 0) is 42.0 Å². The fraction of sp³-hybridized carbons (Fsp3) is 0.235. The van der Waals surface area contributed by atoms with Crippen molar-refractivity contribution in [3.05, 3.63) is 65.0 Å². The smallest absolute Gasteiger partial charge is 0.315 e. The zero-order valence-electron chi connectivity index (χ0n) is 15.7. The molecule has 0 aliphatic carbocycles. The van der Waals surface area contributed by atoms with Gasteiger partial charge in [-0.15, -0.1) is 0 Å². The minimum atomic E-state index is -5.21. The number of carbonyl (C=O) groups is 1. The summed E-state index contributed by atoms with van der Waals surface area (Å²) in [5.74, 6) is -2.07. The van der Waals surface area contributed by atoms with Gasteiger partial charge in [0.1, 0.15) is 5.82 Å². The Labute approximate surface area is 148 Å². The van der Waals surface area contributed by atoms with Crippen molar-refractivity contribution in [1.82, 2.24) is 0 Å². The Balaban J connectivity index is 2.47. The topological polar surface area (TPSA) is 20.3 Å². The van der Waals surface area contributed by atoms with Gasteiger partial charge in [-0.1, -0.05) is 6.07 Å². The summed E-state index contributed by atoms with van der Waals surface area (Å²) >= 11 is 0. The second-order valence-electron chi connectivity index (χ2n) is 5.25. The number of halogens is 7. The predicted molar refractivity (Wildman–Crippen MR) is 80.0 cm³/mol. The zero-order valence-corrected chi connectivity index (χ0v) is 12.7. The number of alkyl halides is 6. The summed E-state index contributed by atoms with van der Waals surface area (Å²) in [6.07, 6.45) is -11.4. The molecule has 0 bridgehead atoms. The van der Waals surface area contributed by atoms with Crippen LogP contribution < -0.4 is 4.90 Å². The van der Waals surface area contributed by atoms with Gasteiger partial charge < -0.3 is 4.90 Å². The molecule has 0 spiro atoms. The van der Waals surface area contributed by atoms with Crippen LogP contribution in [0, 0.1) is 5.82 Å². The van der Waals surface area contributed by atoms with Crippen molar-refractivity contribution in [2.24, 2.45) is 0 Å². The lowest BCUT2D eigenvalue weighted by atomic mass is 10.00. The predicted octanol–water partition coefficient (Wildman–Crippen LogP) is 5.07. The van der Waals surface area contributed by atoms with Crippen LogP contribution in [0.4, 0.5) is 36.4 Å². The van der Waals surface area contributed by atoms with Crippen LogP contribution in [0.15, 0.2) is 42.5 Å². The molecule has 140 valence electrons. The number of likely N-dealkylation sites (N-methyl/N-ethyl adjacent to an activating group) is 1. The molecule has 2 rings (SSSR count). The maximum Gasteiger partial charge on any atom is 0.416 e. The Morgan fingerprint density at radius 3 is 2.12 bits per heavy atom. The average Bonchev–Trinajstić information content (AvgIpc) is 2.54. The number of nitrogens with zero attached hydrogens (tertiary/aromatic N) is 1. The van der Waals surface area contributed by atoms with Gasteiger partial charge in [-0.3, -0.25) is 4.79 Å². The van der Waals surface area contributed by atoms with Crippen molar-refractivity contribution in [2.45, 2.75) is 18.8 Å². The third kappa shape index (κ3) is 4.53. The van der Waals surface area contributed by atoms with Gasteiger partial charge in [0, 0.05) is 16.8 Å². The molecule has 0 unspecified atom stereocenters. The molecule has 0 saturated heterocycles. The minimum absolute atomic E-state index is 0.139. The second-order valence-corrected chi connectivity index (χ2v) is 5.25. The van der Waals surface area contributed by atoms with E-state index < -0.39 is 54.2 Å². The molecule has 0 aliphatic rings. The van der Waals surface area contributed by atoms with E-state index in [9.17, 15) is 35.5 Å². The van der Waals surface area contributed by atoms with Gasteiger partial charge in [0.2, 0.25) is 5.91 Å². The third-order valence-electron chi connectivity index (χ3n) is 3.42. The molecular weight excluding hydrogens is 367 g/mol.